The van der Waals surface area contributed by atoms with E-state index in [1.165, 1.54) is 0 Å². The average Bonchev–Trinajstić information content (AvgIpc) is 2.85. The summed E-state index contributed by atoms with van der Waals surface area (Å²) in [7, 11) is 1.61. The van der Waals surface area contributed by atoms with E-state index >= 15 is 0 Å². The fraction of sp³-hybridized carbons (Fsp3) is 0.107. The minimum absolute atomic E-state index is 0.171. The van der Waals surface area contributed by atoms with Crippen LogP contribution in [0.5, 0.6) is 11.5 Å². The van der Waals surface area contributed by atoms with Crippen molar-refractivity contribution in [3.8, 4) is 22.6 Å². The second-order valence-electron chi connectivity index (χ2n) is 7.47. The molecule has 0 saturated heterocycles. The third-order valence-corrected chi connectivity index (χ3v) is 5.29. The zero-order chi connectivity index (χ0) is 22.3. The number of hydrogen-bond donors (Lipinski definition) is 1. The molecule has 0 aliphatic rings. The Morgan fingerprint density at radius 2 is 1.50 bits per heavy atom. The summed E-state index contributed by atoms with van der Waals surface area (Å²) >= 11 is 0. The van der Waals surface area contributed by atoms with Crippen LogP contribution in [0.15, 0.2) is 97.1 Å². The summed E-state index contributed by atoms with van der Waals surface area (Å²) in [6.07, 6.45) is 0. The largest absolute Gasteiger partial charge is 0.496 e. The molecule has 32 heavy (non-hydrogen) atoms. The summed E-state index contributed by atoms with van der Waals surface area (Å²) in [5.41, 5.74) is 5.45. The molecule has 0 fully saturated rings. The number of methoxy groups -OCH3 is 1. The van der Waals surface area contributed by atoms with Crippen LogP contribution in [0.1, 0.15) is 21.5 Å². The van der Waals surface area contributed by atoms with E-state index < -0.39 is 0 Å². The molecule has 0 heterocycles. The molecule has 160 valence electrons. The van der Waals surface area contributed by atoms with E-state index in [0.717, 1.165) is 33.7 Å². The second kappa shape index (κ2) is 9.84. The van der Waals surface area contributed by atoms with Gasteiger partial charge in [0.15, 0.2) is 0 Å². The molecule has 1 N–H and O–H groups in total. The van der Waals surface area contributed by atoms with E-state index in [0.29, 0.717) is 17.9 Å². The van der Waals surface area contributed by atoms with Gasteiger partial charge in [0.1, 0.15) is 18.1 Å². The first kappa shape index (κ1) is 21.2. The summed E-state index contributed by atoms with van der Waals surface area (Å²) in [5, 5.41) is 2.97. The minimum atomic E-state index is -0.171. The summed E-state index contributed by atoms with van der Waals surface area (Å²) in [6, 6.07) is 31.2. The van der Waals surface area contributed by atoms with Crippen molar-refractivity contribution < 1.29 is 14.3 Å². The van der Waals surface area contributed by atoms with Gasteiger partial charge in [-0.05, 0) is 60.0 Å². The number of para-hydroxylation sites is 1. The number of carbonyl (C=O) groups is 1. The lowest BCUT2D eigenvalue weighted by molar-refractivity contribution is 0.102. The first-order chi connectivity index (χ1) is 15.6. The third-order valence-electron chi connectivity index (χ3n) is 5.29. The van der Waals surface area contributed by atoms with E-state index in [2.05, 4.69) is 17.4 Å². The smallest absolute Gasteiger partial charge is 0.255 e. The summed E-state index contributed by atoms with van der Waals surface area (Å²) in [4.78, 5) is 12.8. The van der Waals surface area contributed by atoms with E-state index in [1.54, 1.807) is 19.2 Å². The van der Waals surface area contributed by atoms with Crippen molar-refractivity contribution in [1.82, 2.24) is 0 Å². The number of aryl methyl sites for hydroxylation is 1. The zero-order valence-corrected chi connectivity index (χ0v) is 18.2. The van der Waals surface area contributed by atoms with Gasteiger partial charge in [-0.15, -0.1) is 0 Å². The number of benzene rings is 4. The van der Waals surface area contributed by atoms with Crippen molar-refractivity contribution in [2.75, 3.05) is 12.4 Å². The average molecular weight is 424 g/mol. The van der Waals surface area contributed by atoms with E-state index in [-0.39, 0.29) is 5.91 Å². The van der Waals surface area contributed by atoms with E-state index in [9.17, 15) is 4.79 Å². The van der Waals surface area contributed by atoms with Gasteiger partial charge in [0.25, 0.3) is 5.91 Å². The first-order valence-corrected chi connectivity index (χ1v) is 10.5. The van der Waals surface area contributed by atoms with Gasteiger partial charge >= 0.3 is 0 Å². The fourth-order valence-corrected chi connectivity index (χ4v) is 3.48. The Balaban J connectivity index is 1.47. The Bertz CT molecular complexity index is 1200. The highest BCUT2D eigenvalue weighted by atomic mass is 16.5. The van der Waals surface area contributed by atoms with Crippen molar-refractivity contribution in [3.05, 3.63) is 114 Å². The minimum Gasteiger partial charge on any atom is -0.496 e. The number of rotatable bonds is 7. The van der Waals surface area contributed by atoms with Gasteiger partial charge in [0, 0.05) is 16.8 Å². The standard InChI is InChI=1S/C28H25NO3/c1-20-8-6-7-11-26(20)29-28(30)23-14-17-27(31-2)24(18-23)19-32-25-15-12-22(13-16-25)21-9-4-3-5-10-21/h3-18H,19H2,1-2H3,(H,29,30). The molecule has 0 radical (unpaired) electrons. The first-order valence-electron chi connectivity index (χ1n) is 10.5. The number of hydrogen-bond acceptors (Lipinski definition) is 3. The molecule has 0 spiro atoms. The number of amides is 1. The van der Waals surface area contributed by atoms with Crippen molar-refractivity contribution in [2.24, 2.45) is 0 Å². The van der Waals surface area contributed by atoms with Crippen LogP contribution in [0.4, 0.5) is 5.69 Å². The van der Waals surface area contributed by atoms with Crippen LogP contribution in [0.3, 0.4) is 0 Å². The molecule has 0 aromatic heterocycles. The third kappa shape index (κ3) is 4.98. The molecule has 4 aromatic rings. The van der Waals surface area contributed by atoms with Gasteiger partial charge in [0.2, 0.25) is 0 Å². The number of nitrogens with one attached hydrogen (secondary N) is 1. The van der Waals surface area contributed by atoms with Gasteiger partial charge in [0.05, 0.1) is 7.11 Å². The molecule has 4 rings (SSSR count). The van der Waals surface area contributed by atoms with Gasteiger partial charge in [-0.3, -0.25) is 4.79 Å². The highest BCUT2D eigenvalue weighted by molar-refractivity contribution is 6.04. The maximum absolute atomic E-state index is 12.8. The van der Waals surface area contributed by atoms with Crippen LogP contribution in [-0.2, 0) is 6.61 Å². The van der Waals surface area contributed by atoms with Gasteiger partial charge < -0.3 is 14.8 Å². The Labute approximate surface area is 188 Å². The van der Waals surface area contributed by atoms with Gasteiger partial charge in [-0.25, -0.2) is 0 Å². The van der Waals surface area contributed by atoms with Crippen molar-refractivity contribution >= 4 is 11.6 Å². The topological polar surface area (TPSA) is 47.6 Å². The Morgan fingerprint density at radius 3 is 2.22 bits per heavy atom. The zero-order valence-electron chi connectivity index (χ0n) is 18.2. The molecule has 0 saturated carbocycles. The van der Waals surface area contributed by atoms with Crippen LogP contribution in [0.25, 0.3) is 11.1 Å². The van der Waals surface area contributed by atoms with Crippen LogP contribution in [0.2, 0.25) is 0 Å². The summed E-state index contributed by atoms with van der Waals surface area (Å²) in [6.45, 7) is 2.26. The molecule has 0 atom stereocenters. The van der Waals surface area contributed by atoms with Crippen LogP contribution < -0.4 is 14.8 Å². The van der Waals surface area contributed by atoms with Crippen molar-refractivity contribution in [2.45, 2.75) is 13.5 Å². The highest BCUT2D eigenvalue weighted by Crippen LogP contribution is 2.25. The highest BCUT2D eigenvalue weighted by Gasteiger charge is 2.12. The maximum atomic E-state index is 12.8. The van der Waals surface area contributed by atoms with E-state index in [1.807, 2.05) is 79.7 Å². The van der Waals surface area contributed by atoms with Crippen LogP contribution in [0, 0.1) is 6.92 Å². The molecule has 0 bridgehead atoms. The molecule has 4 nitrogen and oxygen atoms in total. The number of ether oxygens (including phenoxy) is 2. The predicted octanol–water partition coefficient (Wildman–Crippen LogP) is 6.50. The Kier molecular flexibility index (Phi) is 6.52. The SMILES string of the molecule is COc1ccc(C(=O)Nc2ccccc2C)cc1COc1ccc(-c2ccccc2)cc1. The lowest BCUT2D eigenvalue weighted by Crippen LogP contribution is -2.13. The number of anilines is 1. The Morgan fingerprint density at radius 1 is 0.812 bits per heavy atom. The summed E-state index contributed by atoms with van der Waals surface area (Å²) in [5.74, 6) is 1.26. The fourth-order valence-electron chi connectivity index (χ4n) is 3.48. The molecule has 0 aliphatic carbocycles. The van der Waals surface area contributed by atoms with Crippen LogP contribution in [-0.4, -0.2) is 13.0 Å². The number of carbonyl (C=O) groups excluding carboxylic acids is 1. The van der Waals surface area contributed by atoms with Crippen LogP contribution >= 0.6 is 0 Å². The van der Waals surface area contributed by atoms with Crippen molar-refractivity contribution in [3.63, 3.8) is 0 Å². The second-order valence-corrected chi connectivity index (χ2v) is 7.47. The van der Waals surface area contributed by atoms with Gasteiger partial charge in [-0.2, -0.15) is 0 Å². The lowest BCUT2D eigenvalue weighted by atomic mass is 10.1. The monoisotopic (exact) mass is 423 g/mol. The molecule has 0 unspecified atom stereocenters. The van der Waals surface area contributed by atoms with Gasteiger partial charge in [-0.1, -0.05) is 60.7 Å². The molecule has 4 heteroatoms. The predicted molar refractivity (Wildman–Crippen MR) is 128 cm³/mol. The van der Waals surface area contributed by atoms with E-state index in [4.69, 9.17) is 9.47 Å². The molecule has 4 aromatic carbocycles. The molecular weight excluding hydrogens is 398 g/mol. The quantitative estimate of drug-likeness (QED) is 0.369. The maximum Gasteiger partial charge on any atom is 0.255 e. The van der Waals surface area contributed by atoms with Crippen molar-refractivity contribution in [1.29, 1.82) is 0 Å². The Hall–Kier alpha value is -4.05. The summed E-state index contributed by atoms with van der Waals surface area (Å²) < 4.78 is 11.5. The molecule has 1 amide bonds. The normalized spacial score (nSPS) is 10.4. The molecular formula is C28H25NO3. The molecule has 0 aliphatic heterocycles. The lowest BCUT2D eigenvalue weighted by Gasteiger charge is -2.13.